The molecular weight excluding hydrogens is 470 g/mol. The molecule has 32 heavy (non-hydrogen) atoms. The lowest BCUT2D eigenvalue weighted by molar-refractivity contribution is 0.0736. The van der Waals surface area contributed by atoms with Crippen LogP contribution in [0.3, 0.4) is 0 Å². The Labute approximate surface area is 195 Å². The summed E-state index contributed by atoms with van der Waals surface area (Å²) in [6, 6.07) is 20.0. The summed E-state index contributed by atoms with van der Waals surface area (Å²) in [4.78, 5) is 17.7. The molecule has 0 unspecified atom stereocenters. The van der Waals surface area contributed by atoms with Gasteiger partial charge in [-0.25, -0.2) is 0 Å². The number of halogens is 1. The maximum atomic E-state index is 13.5. The van der Waals surface area contributed by atoms with E-state index >= 15 is 0 Å². The number of hydrogen-bond acceptors (Lipinski definition) is 4. The van der Waals surface area contributed by atoms with Crippen molar-refractivity contribution < 1.29 is 13.9 Å². The first-order valence-electron chi connectivity index (χ1n) is 10.6. The van der Waals surface area contributed by atoms with Crippen LogP contribution < -0.4 is 9.64 Å². The predicted octanol–water partition coefficient (Wildman–Crippen LogP) is 5.02. The zero-order chi connectivity index (χ0) is 22.1. The second-order valence-corrected chi connectivity index (χ2v) is 8.78. The van der Waals surface area contributed by atoms with Crippen LogP contribution in [0.2, 0.25) is 0 Å². The number of benzene rings is 2. The van der Waals surface area contributed by atoms with E-state index in [1.807, 2.05) is 47.4 Å². The fraction of sp³-hybridized carbons (Fsp3) is 0.240. The van der Waals surface area contributed by atoms with Crippen molar-refractivity contribution in [3.8, 4) is 5.75 Å². The van der Waals surface area contributed by atoms with Gasteiger partial charge in [0.25, 0.3) is 5.91 Å². The molecule has 6 nitrogen and oxygen atoms in total. The van der Waals surface area contributed by atoms with Crippen LogP contribution in [-0.4, -0.2) is 48.7 Å². The highest BCUT2D eigenvalue weighted by molar-refractivity contribution is 9.10. The number of nitrogens with zero attached hydrogens (tertiary/aromatic N) is 3. The number of para-hydroxylation sites is 2. The van der Waals surface area contributed by atoms with Crippen molar-refractivity contribution in [2.75, 3.05) is 38.2 Å². The SMILES string of the molecule is COc1ccccc1N1CCN(C(=O)c2cc3occc3n2Cc2ccc(Br)cc2)CC1. The third-order valence-electron chi connectivity index (χ3n) is 5.99. The van der Waals surface area contributed by atoms with Crippen molar-refractivity contribution in [1.82, 2.24) is 9.47 Å². The molecule has 3 heterocycles. The summed E-state index contributed by atoms with van der Waals surface area (Å²) in [5.41, 5.74) is 4.52. The first-order chi connectivity index (χ1) is 15.6. The summed E-state index contributed by atoms with van der Waals surface area (Å²) in [5.74, 6) is 0.893. The van der Waals surface area contributed by atoms with Gasteiger partial charge in [-0.3, -0.25) is 4.79 Å². The van der Waals surface area contributed by atoms with Crippen molar-refractivity contribution in [2.45, 2.75) is 6.54 Å². The number of aromatic nitrogens is 1. The molecule has 2 aromatic heterocycles. The van der Waals surface area contributed by atoms with Crippen molar-refractivity contribution in [3.05, 3.63) is 82.7 Å². The molecule has 1 amide bonds. The lowest BCUT2D eigenvalue weighted by Gasteiger charge is -2.36. The Morgan fingerprint density at radius 3 is 2.53 bits per heavy atom. The second-order valence-electron chi connectivity index (χ2n) is 7.86. The van der Waals surface area contributed by atoms with Gasteiger partial charge in [0.05, 0.1) is 24.6 Å². The smallest absolute Gasteiger partial charge is 0.270 e. The van der Waals surface area contributed by atoms with Crippen LogP contribution in [0.25, 0.3) is 11.1 Å². The molecule has 1 aliphatic heterocycles. The van der Waals surface area contributed by atoms with Crippen LogP contribution in [-0.2, 0) is 6.54 Å². The van der Waals surface area contributed by atoms with Gasteiger partial charge >= 0.3 is 0 Å². The Morgan fingerprint density at radius 2 is 1.78 bits per heavy atom. The summed E-state index contributed by atoms with van der Waals surface area (Å²) >= 11 is 3.48. The summed E-state index contributed by atoms with van der Waals surface area (Å²) in [6.45, 7) is 3.44. The summed E-state index contributed by atoms with van der Waals surface area (Å²) in [7, 11) is 1.69. The lowest BCUT2D eigenvalue weighted by atomic mass is 10.2. The van der Waals surface area contributed by atoms with Gasteiger partial charge in [0.15, 0.2) is 5.58 Å². The number of rotatable bonds is 5. The van der Waals surface area contributed by atoms with Crippen LogP contribution in [0, 0.1) is 0 Å². The second kappa shape index (κ2) is 8.74. The molecule has 0 bridgehead atoms. The molecule has 1 saturated heterocycles. The quantitative estimate of drug-likeness (QED) is 0.391. The van der Waals surface area contributed by atoms with Gasteiger partial charge in [-0.2, -0.15) is 0 Å². The first kappa shape index (κ1) is 20.7. The molecule has 5 rings (SSSR count). The minimum absolute atomic E-state index is 0.0354. The van der Waals surface area contributed by atoms with Crippen LogP contribution in [0.5, 0.6) is 5.75 Å². The van der Waals surface area contributed by atoms with Crippen molar-refractivity contribution in [3.63, 3.8) is 0 Å². The van der Waals surface area contributed by atoms with E-state index in [1.165, 1.54) is 0 Å². The Balaban J connectivity index is 1.36. The van der Waals surface area contributed by atoms with E-state index in [9.17, 15) is 4.79 Å². The number of carbonyl (C=O) groups excluding carboxylic acids is 1. The molecule has 2 aromatic carbocycles. The molecule has 0 atom stereocenters. The van der Waals surface area contributed by atoms with Gasteiger partial charge in [0.2, 0.25) is 0 Å². The fourth-order valence-electron chi connectivity index (χ4n) is 4.30. The standard InChI is InChI=1S/C25H24BrN3O3/c1-31-23-5-3-2-4-20(23)27-11-13-28(14-12-27)25(30)22-16-24-21(10-15-32-24)29(22)17-18-6-8-19(26)9-7-18/h2-10,15-16H,11-14,17H2,1H3. The van der Waals surface area contributed by atoms with E-state index in [0.29, 0.717) is 25.3 Å². The number of carbonyl (C=O) groups is 1. The minimum Gasteiger partial charge on any atom is -0.495 e. The Kier molecular flexibility index (Phi) is 5.66. The molecule has 0 aliphatic carbocycles. The van der Waals surface area contributed by atoms with Crippen molar-refractivity contribution >= 4 is 38.6 Å². The molecule has 7 heteroatoms. The molecule has 0 spiro atoms. The third-order valence-corrected chi connectivity index (χ3v) is 6.52. The highest BCUT2D eigenvalue weighted by atomic mass is 79.9. The fourth-order valence-corrected chi connectivity index (χ4v) is 4.56. The van der Waals surface area contributed by atoms with E-state index in [1.54, 1.807) is 13.4 Å². The highest BCUT2D eigenvalue weighted by Gasteiger charge is 2.27. The largest absolute Gasteiger partial charge is 0.495 e. The normalized spacial score (nSPS) is 14.2. The van der Waals surface area contributed by atoms with E-state index in [4.69, 9.17) is 9.15 Å². The molecule has 0 radical (unpaired) electrons. The number of piperazine rings is 1. The zero-order valence-electron chi connectivity index (χ0n) is 17.8. The van der Waals surface area contributed by atoms with Crippen molar-refractivity contribution in [2.24, 2.45) is 0 Å². The molecule has 0 N–H and O–H groups in total. The maximum Gasteiger partial charge on any atom is 0.270 e. The molecule has 0 saturated carbocycles. The van der Waals surface area contributed by atoms with Gasteiger partial charge in [-0.15, -0.1) is 0 Å². The van der Waals surface area contributed by atoms with Crippen LogP contribution >= 0.6 is 15.9 Å². The van der Waals surface area contributed by atoms with Gasteiger partial charge in [0, 0.05) is 49.3 Å². The van der Waals surface area contributed by atoms with E-state index < -0.39 is 0 Å². The van der Waals surface area contributed by atoms with E-state index in [-0.39, 0.29) is 5.91 Å². The van der Waals surface area contributed by atoms with Crippen molar-refractivity contribution in [1.29, 1.82) is 0 Å². The van der Waals surface area contributed by atoms with E-state index in [0.717, 1.165) is 45.7 Å². The zero-order valence-corrected chi connectivity index (χ0v) is 19.4. The Morgan fingerprint density at radius 1 is 1.03 bits per heavy atom. The molecule has 1 aliphatic rings. The van der Waals surface area contributed by atoms with Gasteiger partial charge in [-0.05, 0) is 29.8 Å². The van der Waals surface area contributed by atoms with E-state index in [2.05, 4.69) is 43.6 Å². The maximum absolute atomic E-state index is 13.5. The third kappa shape index (κ3) is 3.88. The Hall–Kier alpha value is -3.19. The summed E-state index contributed by atoms with van der Waals surface area (Å²) < 4.78 is 14.2. The molecular formula is C25H24BrN3O3. The topological polar surface area (TPSA) is 50.9 Å². The van der Waals surface area contributed by atoms with Crippen LogP contribution in [0.1, 0.15) is 16.1 Å². The molecule has 1 fully saturated rings. The number of anilines is 1. The van der Waals surface area contributed by atoms with Gasteiger partial charge in [-0.1, -0.05) is 40.2 Å². The number of furan rings is 1. The number of hydrogen-bond donors (Lipinski definition) is 0. The monoisotopic (exact) mass is 493 g/mol. The number of fused-ring (bicyclic) bond motifs is 1. The summed E-state index contributed by atoms with van der Waals surface area (Å²) in [6.07, 6.45) is 1.67. The van der Waals surface area contributed by atoms with Crippen LogP contribution in [0.4, 0.5) is 5.69 Å². The average molecular weight is 494 g/mol. The number of amides is 1. The number of methoxy groups -OCH3 is 1. The summed E-state index contributed by atoms with van der Waals surface area (Å²) in [5, 5.41) is 0. The minimum atomic E-state index is 0.0354. The molecule has 4 aromatic rings. The average Bonchev–Trinajstić information content (AvgIpc) is 3.43. The first-order valence-corrected chi connectivity index (χ1v) is 11.4. The number of ether oxygens (including phenoxy) is 1. The van der Waals surface area contributed by atoms with Gasteiger partial charge < -0.3 is 23.5 Å². The molecule has 164 valence electrons. The highest BCUT2D eigenvalue weighted by Crippen LogP contribution is 2.29. The predicted molar refractivity (Wildman–Crippen MR) is 129 cm³/mol. The lowest BCUT2D eigenvalue weighted by Crippen LogP contribution is -2.49. The Bertz CT molecular complexity index is 1240. The van der Waals surface area contributed by atoms with Crippen LogP contribution in [0.15, 0.2) is 75.8 Å². The van der Waals surface area contributed by atoms with Gasteiger partial charge in [0.1, 0.15) is 11.4 Å².